The van der Waals surface area contributed by atoms with Gasteiger partial charge in [0.1, 0.15) is 11.4 Å². The van der Waals surface area contributed by atoms with Crippen LogP contribution in [0.2, 0.25) is 0 Å². The number of imidazole rings is 1. The Hall–Kier alpha value is -2.54. The fraction of sp³-hybridized carbons (Fsp3) is 0.235. The van der Waals surface area contributed by atoms with Gasteiger partial charge >= 0.3 is 6.18 Å². The Morgan fingerprint density at radius 2 is 1.96 bits per heavy atom. The number of aliphatic hydroxyl groups is 1. The standard InChI is InChI=1S/C17H15F3N2O2/c1-10-7-11(3-5-14(10)24-2)16-13(9-23)22-8-12(17(18,19)20)4-6-15(22)21-16/h3-8,23H,9H2,1-2H3. The number of methoxy groups -OCH3 is 1. The smallest absolute Gasteiger partial charge is 0.417 e. The molecule has 4 nitrogen and oxygen atoms in total. The SMILES string of the molecule is COc1ccc(-c2nc3ccc(C(F)(F)F)cn3c2CO)cc1C. The van der Waals surface area contributed by atoms with Crippen LogP contribution in [0.5, 0.6) is 5.75 Å². The van der Waals surface area contributed by atoms with Crippen LogP contribution in [0, 0.1) is 6.92 Å². The molecular formula is C17H15F3N2O2. The number of hydrogen-bond donors (Lipinski definition) is 1. The number of ether oxygens (including phenoxy) is 1. The van der Waals surface area contributed by atoms with Crippen LogP contribution in [-0.2, 0) is 12.8 Å². The minimum absolute atomic E-state index is 0.306. The number of fused-ring (bicyclic) bond motifs is 1. The van der Waals surface area contributed by atoms with Crippen molar-refractivity contribution in [2.75, 3.05) is 7.11 Å². The van der Waals surface area contributed by atoms with Crippen molar-refractivity contribution >= 4 is 5.65 Å². The molecule has 1 N–H and O–H groups in total. The van der Waals surface area contributed by atoms with E-state index in [9.17, 15) is 18.3 Å². The van der Waals surface area contributed by atoms with E-state index in [-0.39, 0.29) is 0 Å². The number of rotatable bonds is 3. The number of aliphatic hydroxyl groups excluding tert-OH is 1. The zero-order chi connectivity index (χ0) is 17.5. The van der Waals surface area contributed by atoms with Crippen molar-refractivity contribution in [1.82, 2.24) is 9.38 Å². The van der Waals surface area contributed by atoms with Gasteiger partial charge in [0.05, 0.1) is 30.7 Å². The zero-order valence-corrected chi connectivity index (χ0v) is 13.1. The number of aromatic nitrogens is 2. The van der Waals surface area contributed by atoms with Crippen LogP contribution in [0.25, 0.3) is 16.9 Å². The Morgan fingerprint density at radius 3 is 2.54 bits per heavy atom. The molecule has 24 heavy (non-hydrogen) atoms. The summed E-state index contributed by atoms with van der Waals surface area (Å²) in [6.07, 6.45) is -3.50. The molecule has 0 bridgehead atoms. The summed E-state index contributed by atoms with van der Waals surface area (Å²) in [6.45, 7) is 1.43. The lowest BCUT2D eigenvalue weighted by molar-refractivity contribution is -0.137. The first-order valence-corrected chi connectivity index (χ1v) is 7.19. The predicted molar refractivity (Wildman–Crippen MR) is 82.8 cm³/mol. The molecule has 0 spiro atoms. The van der Waals surface area contributed by atoms with Gasteiger partial charge in [-0.05, 0) is 42.8 Å². The lowest BCUT2D eigenvalue weighted by Crippen LogP contribution is -2.07. The topological polar surface area (TPSA) is 46.8 Å². The summed E-state index contributed by atoms with van der Waals surface area (Å²) in [5.74, 6) is 0.701. The molecule has 3 aromatic rings. The summed E-state index contributed by atoms with van der Waals surface area (Å²) in [5.41, 5.74) is 1.87. The quantitative estimate of drug-likeness (QED) is 0.791. The number of pyridine rings is 1. The Morgan fingerprint density at radius 1 is 1.21 bits per heavy atom. The molecule has 7 heteroatoms. The number of benzene rings is 1. The lowest BCUT2D eigenvalue weighted by atomic mass is 10.1. The van der Waals surface area contributed by atoms with Crippen LogP contribution in [0.15, 0.2) is 36.5 Å². The van der Waals surface area contributed by atoms with Crippen molar-refractivity contribution in [3.05, 3.63) is 53.3 Å². The van der Waals surface area contributed by atoms with Crippen molar-refractivity contribution in [1.29, 1.82) is 0 Å². The molecule has 3 rings (SSSR count). The lowest BCUT2D eigenvalue weighted by Gasteiger charge is -2.08. The van der Waals surface area contributed by atoms with Crippen LogP contribution < -0.4 is 4.74 Å². The van der Waals surface area contributed by atoms with Crippen LogP contribution >= 0.6 is 0 Å². The highest BCUT2D eigenvalue weighted by Gasteiger charge is 2.31. The van der Waals surface area contributed by atoms with Crippen molar-refractivity contribution < 1.29 is 23.0 Å². The Bertz CT molecular complexity index is 901. The summed E-state index contributed by atoms with van der Waals surface area (Å²) >= 11 is 0. The second-order valence-electron chi connectivity index (χ2n) is 5.39. The molecule has 0 aliphatic heterocycles. The van der Waals surface area contributed by atoms with Crippen LogP contribution in [-0.4, -0.2) is 21.6 Å². The first-order chi connectivity index (χ1) is 11.3. The van der Waals surface area contributed by atoms with Gasteiger partial charge in [0.25, 0.3) is 0 Å². The van der Waals surface area contributed by atoms with Gasteiger partial charge in [-0.25, -0.2) is 4.98 Å². The molecule has 0 amide bonds. The third kappa shape index (κ3) is 2.71. The van der Waals surface area contributed by atoms with Gasteiger partial charge in [-0.15, -0.1) is 0 Å². The molecule has 0 saturated heterocycles. The van der Waals surface area contributed by atoms with Crippen LogP contribution in [0.1, 0.15) is 16.8 Å². The molecule has 0 aliphatic rings. The third-order valence-corrected chi connectivity index (χ3v) is 3.86. The number of aryl methyl sites for hydroxylation is 1. The first-order valence-electron chi connectivity index (χ1n) is 7.19. The van der Waals surface area contributed by atoms with Gasteiger partial charge in [-0.3, -0.25) is 0 Å². The van der Waals surface area contributed by atoms with Gasteiger partial charge < -0.3 is 14.2 Å². The zero-order valence-electron chi connectivity index (χ0n) is 13.1. The molecule has 1 aromatic carbocycles. The molecule has 0 radical (unpaired) electrons. The molecule has 0 aliphatic carbocycles. The van der Waals surface area contributed by atoms with Gasteiger partial charge in [-0.1, -0.05) is 0 Å². The van der Waals surface area contributed by atoms with E-state index in [1.807, 2.05) is 13.0 Å². The molecule has 2 aromatic heterocycles. The summed E-state index contributed by atoms with van der Waals surface area (Å²) in [6, 6.07) is 7.62. The molecule has 126 valence electrons. The van der Waals surface area contributed by atoms with Crippen LogP contribution in [0.4, 0.5) is 13.2 Å². The van der Waals surface area contributed by atoms with E-state index in [0.717, 1.165) is 17.8 Å². The highest BCUT2D eigenvalue weighted by atomic mass is 19.4. The predicted octanol–water partition coefficient (Wildman–Crippen LogP) is 3.83. The molecule has 0 saturated carbocycles. The van der Waals surface area contributed by atoms with Crippen molar-refractivity contribution in [3.8, 4) is 17.0 Å². The summed E-state index contributed by atoms with van der Waals surface area (Å²) in [4.78, 5) is 4.37. The molecule has 0 unspecified atom stereocenters. The molecule has 0 fully saturated rings. The largest absolute Gasteiger partial charge is 0.496 e. The van der Waals surface area contributed by atoms with E-state index < -0.39 is 18.3 Å². The Labute approximate surface area is 136 Å². The van der Waals surface area contributed by atoms with E-state index in [2.05, 4.69) is 4.98 Å². The van der Waals surface area contributed by atoms with Gasteiger partial charge in [0.2, 0.25) is 0 Å². The van der Waals surface area contributed by atoms with E-state index in [4.69, 9.17) is 4.74 Å². The molecule has 2 heterocycles. The molecule has 0 atom stereocenters. The molecular weight excluding hydrogens is 321 g/mol. The average Bonchev–Trinajstić information content (AvgIpc) is 2.91. The highest BCUT2D eigenvalue weighted by molar-refractivity contribution is 5.68. The van der Waals surface area contributed by atoms with Crippen molar-refractivity contribution in [2.24, 2.45) is 0 Å². The minimum atomic E-state index is -4.46. The second kappa shape index (κ2) is 5.83. The number of halogens is 3. The normalized spacial score (nSPS) is 11.9. The van der Waals surface area contributed by atoms with Crippen molar-refractivity contribution in [2.45, 2.75) is 19.7 Å². The Balaban J connectivity index is 2.20. The van der Waals surface area contributed by atoms with E-state index >= 15 is 0 Å². The number of nitrogens with zero attached hydrogens (tertiary/aromatic N) is 2. The maximum atomic E-state index is 12.9. The maximum absolute atomic E-state index is 12.9. The monoisotopic (exact) mass is 336 g/mol. The van der Waals surface area contributed by atoms with Crippen LogP contribution in [0.3, 0.4) is 0 Å². The summed E-state index contributed by atoms with van der Waals surface area (Å²) in [7, 11) is 1.56. The first kappa shape index (κ1) is 16.3. The highest BCUT2D eigenvalue weighted by Crippen LogP contribution is 2.32. The van der Waals surface area contributed by atoms with Gasteiger partial charge in [0, 0.05) is 11.8 Å². The van der Waals surface area contributed by atoms with E-state index in [0.29, 0.717) is 28.3 Å². The summed E-state index contributed by atoms with van der Waals surface area (Å²) < 4.78 is 45.2. The fourth-order valence-corrected chi connectivity index (χ4v) is 2.67. The van der Waals surface area contributed by atoms with Crippen molar-refractivity contribution in [3.63, 3.8) is 0 Å². The van der Waals surface area contributed by atoms with Gasteiger partial charge in [0.15, 0.2) is 0 Å². The summed E-state index contributed by atoms with van der Waals surface area (Å²) in [5, 5.41) is 9.66. The Kier molecular flexibility index (Phi) is 3.96. The maximum Gasteiger partial charge on any atom is 0.417 e. The number of hydrogen-bond acceptors (Lipinski definition) is 3. The van der Waals surface area contributed by atoms with Gasteiger partial charge in [-0.2, -0.15) is 13.2 Å². The minimum Gasteiger partial charge on any atom is -0.496 e. The van der Waals surface area contributed by atoms with E-state index in [1.54, 1.807) is 19.2 Å². The van der Waals surface area contributed by atoms with E-state index in [1.165, 1.54) is 10.5 Å². The fourth-order valence-electron chi connectivity index (χ4n) is 2.67. The number of alkyl halides is 3. The average molecular weight is 336 g/mol. The second-order valence-corrected chi connectivity index (χ2v) is 5.39. The third-order valence-electron chi connectivity index (χ3n) is 3.86.